The zero-order valence-corrected chi connectivity index (χ0v) is 10.6. The summed E-state index contributed by atoms with van der Waals surface area (Å²) < 4.78 is 0. The largest absolute Gasteiger partial charge is 0.507 e. The topological polar surface area (TPSA) is 92.0 Å². The minimum atomic E-state index is -0.638. The summed E-state index contributed by atoms with van der Waals surface area (Å²) in [5, 5.41) is 9.99. The van der Waals surface area contributed by atoms with Crippen LogP contribution >= 0.6 is 12.4 Å². The highest BCUT2D eigenvalue weighted by molar-refractivity contribution is 5.96. The van der Waals surface area contributed by atoms with Crippen molar-refractivity contribution in [3.8, 4) is 5.75 Å². The Morgan fingerprint density at radius 1 is 1.50 bits per heavy atom. The monoisotopic (exact) mass is 267 g/mol. The highest BCUT2D eigenvalue weighted by Gasteiger charge is 2.17. The number of aromatic nitrogens is 2. The molecule has 6 heteroatoms. The first kappa shape index (κ1) is 14.1. The summed E-state index contributed by atoms with van der Waals surface area (Å²) in [7, 11) is 0. The van der Waals surface area contributed by atoms with E-state index in [1.165, 1.54) is 6.07 Å². The molecule has 2 aromatic rings. The molecule has 0 bridgehead atoms. The standard InChI is InChI=1S/C12H13N3O2.ClH/c1-7(10-5-14-6-15-10)8-3-2-4-9(11(8)16)12(13)17;/h2-7,16H,1H3,(H2,13,17)(H,14,15);1H/t7-;/m0./s1. The van der Waals surface area contributed by atoms with Gasteiger partial charge in [0.2, 0.25) is 0 Å². The SMILES string of the molecule is C[C@H](c1cnc[nH]1)c1cccc(C(N)=O)c1O.Cl. The molecule has 96 valence electrons. The highest BCUT2D eigenvalue weighted by atomic mass is 35.5. The van der Waals surface area contributed by atoms with Gasteiger partial charge in [-0.2, -0.15) is 0 Å². The van der Waals surface area contributed by atoms with E-state index in [9.17, 15) is 9.90 Å². The predicted octanol–water partition coefficient (Wildman–Crippen LogP) is 1.79. The minimum absolute atomic E-state index is 0. The molecule has 1 atom stereocenters. The molecular formula is C12H14ClN3O2. The van der Waals surface area contributed by atoms with Gasteiger partial charge in [0.05, 0.1) is 11.9 Å². The van der Waals surface area contributed by atoms with E-state index in [1.54, 1.807) is 24.7 Å². The van der Waals surface area contributed by atoms with Gasteiger partial charge in [0.1, 0.15) is 5.75 Å². The van der Waals surface area contributed by atoms with E-state index >= 15 is 0 Å². The molecule has 0 aliphatic carbocycles. The minimum Gasteiger partial charge on any atom is -0.507 e. The van der Waals surface area contributed by atoms with Gasteiger partial charge in [0.15, 0.2) is 0 Å². The molecule has 0 aliphatic rings. The summed E-state index contributed by atoms with van der Waals surface area (Å²) in [5.41, 5.74) is 6.82. The van der Waals surface area contributed by atoms with Crippen LogP contribution in [0.25, 0.3) is 0 Å². The molecular weight excluding hydrogens is 254 g/mol. The number of rotatable bonds is 3. The fraction of sp³-hybridized carbons (Fsp3) is 0.167. The predicted molar refractivity (Wildman–Crippen MR) is 70.0 cm³/mol. The number of halogens is 1. The Morgan fingerprint density at radius 3 is 2.78 bits per heavy atom. The quantitative estimate of drug-likeness (QED) is 0.792. The highest BCUT2D eigenvalue weighted by Crippen LogP contribution is 2.32. The first-order valence-corrected chi connectivity index (χ1v) is 5.21. The van der Waals surface area contributed by atoms with Crippen LogP contribution in [-0.2, 0) is 0 Å². The van der Waals surface area contributed by atoms with Crippen LogP contribution in [0.1, 0.15) is 34.5 Å². The third-order valence-corrected chi connectivity index (χ3v) is 2.79. The van der Waals surface area contributed by atoms with Crippen molar-refractivity contribution in [2.45, 2.75) is 12.8 Å². The summed E-state index contributed by atoms with van der Waals surface area (Å²) >= 11 is 0. The molecule has 0 aliphatic heterocycles. The van der Waals surface area contributed by atoms with Gasteiger partial charge in [0, 0.05) is 23.4 Å². The van der Waals surface area contributed by atoms with E-state index in [0.717, 1.165) is 5.69 Å². The molecule has 0 saturated heterocycles. The summed E-state index contributed by atoms with van der Waals surface area (Å²) in [5.74, 6) is -0.792. The molecule has 0 fully saturated rings. The Kier molecular flexibility index (Phi) is 4.33. The third kappa shape index (κ3) is 2.46. The van der Waals surface area contributed by atoms with Crippen LogP contribution in [0.15, 0.2) is 30.7 Å². The Balaban J connectivity index is 0.00000162. The van der Waals surface area contributed by atoms with E-state index < -0.39 is 5.91 Å². The van der Waals surface area contributed by atoms with Crippen LogP contribution in [-0.4, -0.2) is 21.0 Å². The fourth-order valence-electron chi connectivity index (χ4n) is 1.78. The van der Waals surface area contributed by atoms with Crippen LogP contribution in [0.2, 0.25) is 0 Å². The van der Waals surface area contributed by atoms with E-state index in [4.69, 9.17) is 5.73 Å². The zero-order valence-electron chi connectivity index (χ0n) is 9.75. The van der Waals surface area contributed by atoms with Gasteiger partial charge in [-0.1, -0.05) is 19.1 Å². The second-order valence-corrected chi connectivity index (χ2v) is 3.84. The number of primary amides is 1. The Hall–Kier alpha value is -2.01. The number of carbonyl (C=O) groups is 1. The molecule has 0 spiro atoms. The second kappa shape index (κ2) is 5.55. The van der Waals surface area contributed by atoms with Crippen LogP contribution in [0.4, 0.5) is 0 Å². The van der Waals surface area contributed by atoms with E-state index in [-0.39, 0.29) is 29.6 Å². The van der Waals surface area contributed by atoms with Crippen LogP contribution in [0.5, 0.6) is 5.75 Å². The number of carbonyl (C=O) groups excluding carboxylic acids is 1. The number of amides is 1. The van der Waals surface area contributed by atoms with Crippen molar-refractivity contribution in [1.29, 1.82) is 0 Å². The maximum atomic E-state index is 11.1. The Labute approximate surface area is 110 Å². The summed E-state index contributed by atoms with van der Waals surface area (Å²) in [4.78, 5) is 18.0. The molecule has 0 radical (unpaired) electrons. The number of nitrogens with two attached hydrogens (primary N) is 1. The molecule has 18 heavy (non-hydrogen) atoms. The number of benzene rings is 1. The summed E-state index contributed by atoms with van der Waals surface area (Å²) in [6, 6.07) is 4.95. The maximum Gasteiger partial charge on any atom is 0.252 e. The van der Waals surface area contributed by atoms with Gasteiger partial charge >= 0.3 is 0 Å². The van der Waals surface area contributed by atoms with E-state index in [0.29, 0.717) is 5.56 Å². The van der Waals surface area contributed by atoms with Crippen molar-refractivity contribution in [3.63, 3.8) is 0 Å². The second-order valence-electron chi connectivity index (χ2n) is 3.84. The smallest absolute Gasteiger partial charge is 0.252 e. The van der Waals surface area contributed by atoms with Gasteiger partial charge < -0.3 is 15.8 Å². The van der Waals surface area contributed by atoms with Crippen molar-refractivity contribution in [2.24, 2.45) is 5.73 Å². The van der Waals surface area contributed by atoms with E-state index in [1.807, 2.05) is 6.92 Å². The van der Waals surface area contributed by atoms with Gasteiger partial charge in [0.25, 0.3) is 5.91 Å². The molecule has 5 nitrogen and oxygen atoms in total. The lowest BCUT2D eigenvalue weighted by atomic mass is 9.95. The third-order valence-electron chi connectivity index (χ3n) is 2.79. The normalized spacial score (nSPS) is 11.6. The van der Waals surface area contributed by atoms with Crippen LogP contribution < -0.4 is 5.73 Å². The number of nitrogens with one attached hydrogen (secondary N) is 1. The average molecular weight is 268 g/mol. The van der Waals surface area contributed by atoms with Gasteiger partial charge in [-0.05, 0) is 6.07 Å². The van der Waals surface area contributed by atoms with Crippen molar-refractivity contribution >= 4 is 18.3 Å². The Bertz CT molecular complexity index is 540. The van der Waals surface area contributed by atoms with Crippen molar-refractivity contribution in [3.05, 3.63) is 47.5 Å². The van der Waals surface area contributed by atoms with Gasteiger partial charge in [-0.3, -0.25) is 4.79 Å². The lowest BCUT2D eigenvalue weighted by molar-refractivity contribution is 0.0997. The van der Waals surface area contributed by atoms with Crippen molar-refractivity contribution in [1.82, 2.24) is 9.97 Å². The lowest BCUT2D eigenvalue weighted by Gasteiger charge is -2.13. The number of hydrogen-bond acceptors (Lipinski definition) is 3. The number of imidazole rings is 1. The molecule has 1 aromatic heterocycles. The number of hydrogen-bond donors (Lipinski definition) is 3. The zero-order chi connectivity index (χ0) is 12.4. The molecule has 1 heterocycles. The number of phenols is 1. The first-order valence-electron chi connectivity index (χ1n) is 5.21. The molecule has 0 saturated carbocycles. The number of H-pyrrole nitrogens is 1. The van der Waals surface area contributed by atoms with E-state index in [2.05, 4.69) is 9.97 Å². The summed E-state index contributed by atoms with van der Waals surface area (Å²) in [6.07, 6.45) is 3.25. The molecule has 4 N–H and O–H groups in total. The Morgan fingerprint density at radius 2 is 2.22 bits per heavy atom. The molecule has 0 unspecified atom stereocenters. The van der Waals surface area contributed by atoms with Gasteiger partial charge in [-0.15, -0.1) is 12.4 Å². The van der Waals surface area contributed by atoms with Crippen LogP contribution in [0, 0.1) is 0 Å². The molecule has 1 amide bonds. The van der Waals surface area contributed by atoms with Gasteiger partial charge in [-0.25, -0.2) is 4.98 Å². The number of para-hydroxylation sites is 1. The van der Waals surface area contributed by atoms with Crippen LogP contribution in [0.3, 0.4) is 0 Å². The average Bonchev–Trinajstić information content (AvgIpc) is 2.81. The summed E-state index contributed by atoms with van der Waals surface area (Å²) in [6.45, 7) is 1.91. The number of aromatic hydroxyl groups is 1. The number of nitrogens with zero attached hydrogens (tertiary/aromatic N) is 1. The maximum absolute atomic E-state index is 11.1. The van der Waals surface area contributed by atoms with Crippen molar-refractivity contribution < 1.29 is 9.90 Å². The van der Waals surface area contributed by atoms with Crippen molar-refractivity contribution in [2.75, 3.05) is 0 Å². The molecule has 1 aromatic carbocycles. The first-order chi connectivity index (χ1) is 8.11. The molecule has 2 rings (SSSR count). The number of aromatic amines is 1. The fourth-order valence-corrected chi connectivity index (χ4v) is 1.78. The lowest BCUT2D eigenvalue weighted by Crippen LogP contribution is -2.12.